The van der Waals surface area contributed by atoms with E-state index in [-0.39, 0.29) is 66.2 Å². The Morgan fingerprint density at radius 2 is 1.59 bits per heavy atom. The van der Waals surface area contributed by atoms with Gasteiger partial charge in [0.2, 0.25) is 17.2 Å². The van der Waals surface area contributed by atoms with E-state index in [9.17, 15) is 34.2 Å². The first-order chi connectivity index (χ1) is 19.5. The van der Waals surface area contributed by atoms with Crippen LogP contribution in [0.4, 0.5) is 0 Å². The fraction of sp³-hybridized carbons (Fsp3) is 0.296. The number of benzene rings is 2. The van der Waals surface area contributed by atoms with Crippen LogP contribution in [0.2, 0.25) is 0 Å². The highest BCUT2D eigenvalue weighted by molar-refractivity contribution is 5.90. The molecule has 0 unspecified atom stereocenters. The molecule has 0 saturated heterocycles. The largest absolute Gasteiger partial charge is 0.508 e. The highest BCUT2D eigenvalue weighted by atomic mass is 16.5. The highest BCUT2D eigenvalue weighted by Gasteiger charge is 2.25. The van der Waals surface area contributed by atoms with E-state index in [0.29, 0.717) is 5.56 Å². The van der Waals surface area contributed by atoms with Crippen LogP contribution in [0.3, 0.4) is 0 Å². The number of carboxylic acid groups (broad SMARTS) is 2. The predicted octanol–water partition coefficient (Wildman–Crippen LogP) is 0.908. The van der Waals surface area contributed by atoms with Gasteiger partial charge in [0.15, 0.2) is 0 Å². The number of nitrogens with one attached hydrogen (secondary N) is 2. The van der Waals surface area contributed by atoms with Crippen molar-refractivity contribution in [2.45, 2.75) is 37.8 Å². The first kappa shape index (κ1) is 30.4. The van der Waals surface area contributed by atoms with E-state index in [4.69, 9.17) is 25.1 Å². The fourth-order valence-corrected chi connectivity index (χ4v) is 3.84. The van der Waals surface area contributed by atoms with Crippen molar-refractivity contribution in [1.82, 2.24) is 10.6 Å². The van der Waals surface area contributed by atoms with Crippen LogP contribution in [-0.2, 0) is 19.2 Å². The van der Waals surface area contributed by atoms with Gasteiger partial charge in [0.05, 0.1) is 18.2 Å². The standard InChI is InChI=1S/C27H29N3O11/c28-18(5-7-22(33)34)26(38)30-19(6-8-23(35)36)27(39)29-9-10-40-20-11-16(32)12-21-24(20)25(37)17(13-41-21)14-1-3-15(31)4-2-14/h1-4,11-13,18-19,31-32H,5-10,28H2,(H,29,39)(H,30,38)(H,33,34)(H,35,36)/t18-,19-/m1/s1. The molecule has 2 aromatic carbocycles. The van der Waals surface area contributed by atoms with Crippen LogP contribution in [0, 0.1) is 0 Å². The van der Waals surface area contributed by atoms with Crippen molar-refractivity contribution in [3.8, 4) is 28.4 Å². The minimum Gasteiger partial charge on any atom is -0.508 e. The number of phenols is 2. The van der Waals surface area contributed by atoms with Crippen LogP contribution in [0.5, 0.6) is 17.2 Å². The van der Waals surface area contributed by atoms with Gasteiger partial charge in [-0.1, -0.05) is 12.1 Å². The number of aromatic hydroxyl groups is 2. The molecule has 3 aromatic rings. The third-order valence-electron chi connectivity index (χ3n) is 5.95. The Morgan fingerprint density at radius 1 is 0.927 bits per heavy atom. The van der Waals surface area contributed by atoms with Gasteiger partial charge in [0.25, 0.3) is 0 Å². The maximum absolute atomic E-state index is 13.3. The molecule has 14 nitrogen and oxygen atoms in total. The summed E-state index contributed by atoms with van der Waals surface area (Å²) in [5.41, 5.74) is 5.91. The van der Waals surface area contributed by atoms with Gasteiger partial charge >= 0.3 is 11.9 Å². The molecule has 0 aliphatic heterocycles. The lowest BCUT2D eigenvalue weighted by Gasteiger charge is -2.20. The molecule has 14 heteroatoms. The van der Waals surface area contributed by atoms with Crippen molar-refractivity contribution >= 4 is 34.7 Å². The zero-order valence-corrected chi connectivity index (χ0v) is 21.7. The first-order valence-electron chi connectivity index (χ1n) is 12.4. The SMILES string of the molecule is N[C@H](CCC(=O)O)C(=O)N[C@H](CCC(=O)O)C(=O)NCCOc1cc(O)cc2occ(-c3ccc(O)cc3)c(=O)c12. The number of amides is 2. The molecule has 0 spiro atoms. The van der Waals surface area contributed by atoms with E-state index in [2.05, 4.69) is 10.6 Å². The Balaban J connectivity index is 1.69. The first-order valence-corrected chi connectivity index (χ1v) is 12.4. The van der Waals surface area contributed by atoms with Crippen molar-refractivity contribution in [3.63, 3.8) is 0 Å². The van der Waals surface area contributed by atoms with Crippen molar-refractivity contribution in [2.24, 2.45) is 5.73 Å². The molecule has 1 aromatic heterocycles. The molecule has 0 radical (unpaired) electrons. The molecule has 2 amide bonds. The van der Waals surface area contributed by atoms with E-state index in [0.717, 1.165) is 0 Å². The third-order valence-corrected chi connectivity index (χ3v) is 5.95. The molecular weight excluding hydrogens is 542 g/mol. The molecule has 0 bridgehead atoms. The van der Waals surface area contributed by atoms with Gasteiger partial charge in [-0.3, -0.25) is 24.0 Å². The van der Waals surface area contributed by atoms with E-state index in [1.807, 2.05) is 0 Å². The topological polar surface area (TPSA) is 239 Å². The highest BCUT2D eigenvalue weighted by Crippen LogP contribution is 2.31. The van der Waals surface area contributed by atoms with Gasteiger partial charge < -0.3 is 45.9 Å². The molecule has 1 heterocycles. The Bertz CT molecular complexity index is 1480. The number of ether oxygens (including phenoxy) is 1. The maximum atomic E-state index is 13.3. The van der Waals surface area contributed by atoms with Gasteiger partial charge in [-0.05, 0) is 30.5 Å². The smallest absolute Gasteiger partial charge is 0.303 e. The van der Waals surface area contributed by atoms with Crippen molar-refractivity contribution < 1.29 is 48.8 Å². The summed E-state index contributed by atoms with van der Waals surface area (Å²) in [5.74, 6) is -4.14. The lowest BCUT2D eigenvalue weighted by molar-refractivity contribution is -0.139. The van der Waals surface area contributed by atoms with E-state index in [1.54, 1.807) is 0 Å². The molecule has 0 aliphatic rings. The third kappa shape index (κ3) is 8.44. The van der Waals surface area contributed by atoms with E-state index >= 15 is 0 Å². The number of fused-ring (bicyclic) bond motifs is 1. The van der Waals surface area contributed by atoms with E-state index < -0.39 is 47.7 Å². The predicted molar refractivity (Wildman–Crippen MR) is 143 cm³/mol. The van der Waals surface area contributed by atoms with Gasteiger partial charge in [0.1, 0.15) is 47.1 Å². The number of nitrogens with two attached hydrogens (primary N) is 1. The number of hydrogen-bond donors (Lipinski definition) is 7. The quantitative estimate of drug-likeness (QED) is 0.134. The van der Waals surface area contributed by atoms with Gasteiger partial charge in [0, 0.05) is 25.0 Å². The van der Waals surface area contributed by atoms with Crippen LogP contribution in [-0.4, -0.2) is 69.4 Å². The second-order valence-electron chi connectivity index (χ2n) is 9.01. The van der Waals surface area contributed by atoms with Crippen LogP contribution in [0.15, 0.2) is 51.9 Å². The van der Waals surface area contributed by atoms with Crippen LogP contribution >= 0.6 is 0 Å². The van der Waals surface area contributed by atoms with Gasteiger partial charge in [-0.25, -0.2) is 0 Å². The van der Waals surface area contributed by atoms with Crippen LogP contribution in [0.25, 0.3) is 22.1 Å². The van der Waals surface area contributed by atoms with Crippen molar-refractivity contribution in [2.75, 3.05) is 13.2 Å². The molecule has 8 N–H and O–H groups in total. The molecule has 218 valence electrons. The monoisotopic (exact) mass is 571 g/mol. The number of rotatable bonds is 14. The summed E-state index contributed by atoms with van der Waals surface area (Å²) in [6.07, 6.45) is -0.00993. The summed E-state index contributed by atoms with van der Waals surface area (Å²) in [4.78, 5) is 60.0. The minimum atomic E-state index is -1.27. The summed E-state index contributed by atoms with van der Waals surface area (Å²) >= 11 is 0. The summed E-state index contributed by atoms with van der Waals surface area (Å²) < 4.78 is 11.2. The fourth-order valence-electron chi connectivity index (χ4n) is 3.84. The average Bonchev–Trinajstić information content (AvgIpc) is 2.92. The zero-order valence-electron chi connectivity index (χ0n) is 21.7. The maximum Gasteiger partial charge on any atom is 0.303 e. The van der Waals surface area contributed by atoms with Crippen LogP contribution in [0.1, 0.15) is 25.7 Å². The molecule has 3 rings (SSSR count). The Kier molecular flexibility index (Phi) is 10.2. The lowest BCUT2D eigenvalue weighted by atomic mass is 10.0. The van der Waals surface area contributed by atoms with Crippen molar-refractivity contribution in [3.05, 3.63) is 52.9 Å². The van der Waals surface area contributed by atoms with E-state index in [1.165, 1.54) is 42.7 Å². The van der Waals surface area contributed by atoms with Crippen molar-refractivity contribution in [1.29, 1.82) is 0 Å². The van der Waals surface area contributed by atoms with Gasteiger partial charge in [-0.2, -0.15) is 0 Å². The molecule has 0 saturated carbocycles. The second kappa shape index (κ2) is 13.8. The Morgan fingerprint density at radius 3 is 2.24 bits per heavy atom. The van der Waals surface area contributed by atoms with Crippen LogP contribution < -0.4 is 26.5 Å². The number of carboxylic acids is 2. The number of carbonyl (C=O) groups excluding carboxylic acids is 2. The summed E-state index contributed by atoms with van der Waals surface area (Å²) in [7, 11) is 0. The number of aliphatic carboxylic acids is 2. The second-order valence-corrected chi connectivity index (χ2v) is 9.01. The van der Waals surface area contributed by atoms with Gasteiger partial charge in [-0.15, -0.1) is 0 Å². The molecule has 2 atom stereocenters. The zero-order chi connectivity index (χ0) is 30.1. The number of phenolic OH excluding ortho intramolecular Hbond substituents is 2. The molecule has 0 aliphatic carbocycles. The Hall–Kier alpha value is -5.11. The summed E-state index contributed by atoms with van der Waals surface area (Å²) in [5, 5.41) is 42.2. The summed E-state index contributed by atoms with van der Waals surface area (Å²) in [6.45, 7) is -0.325. The number of carbonyl (C=O) groups is 4. The molecule has 41 heavy (non-hydrogen) atoms. The normalized spacial score (nSPS) is 12.3. The molecule has 0 fully saturated rings. The lowest BCUT2D eigenvalue weighted by Crippen LogP contribution is -2.52. The Labute approximate surface area is 232 Å². The summed E-state index contributed by atoms with van der Waals surface area (Å²) in [6, 6.07) is 5.84. The number of hydrogen-bond acceptors (Lipinski definition) is 10. The minimum absolute atomic E-state index is 0.0146. The molecular formula is C27H29N3O11. The average molecular weight is 572 g/mol.